The maximum atomic E-state index is 12.1. The van der Waals surface area contributed by atoms with Crippen LogP contribution in [0.15, 0.2) is 27.6 Å². The summed E-state index contributed by atoms with van der Waals surface area (Å²) < 4.78 is 1.04. The van der Waals surface area contributed by atoms with Crippen molar-refractivity contribution in [2.24, 2.45) is 0 Å². The van der Waals surface area contributed by atoms with Crippen LogP contribution in [0.3, 0.4) is 0 Å². The molecule has 1 aromatic carbocycles. The number of amides is 1. The minimum atomic E-state index is -0.0938. The lowest BCUT2D eigenvalue weighted by Gasteiger charge is -2.24. The largest absolute Gasteiger partial charge is 0.340 e. The van der Waals surface area contributed by atoms with Gasteiger partial charge < -0.3 is 4.90 Å². The third kappa shape index (κ3) is 4.51. The first kappa shape index (κ1) is 17.3. The molecule has 6 nitrogen and oxygen atoms in total. The smallest absolute Gasteiger partial charge is 0.246 e. The fourth-order valence-corrected chi connectivity index (χ4v) is 3.92. The van der Waals surface area contributed by atoms with Gasteiger partial charge in [-0.15, -0.1) is 16.9 Å². The van der Waals surface area contributed by atoms with E-state index in [1.165, 1.54) is 31.0 Å². The second-order valence-electron chi connectivity index (χ2n) is 5.78. The molecule has 2 heterocycles. The van der Waals surface area contributed by atoms with Crippen LogP contribution in [0.4, 0.5) is 11.9 Å². The number of nitrogens with zero attached hydrogens (tertiary/aromatic N) is 3. The van der Waals surface area contributed by atoms with Crippen molar-refractivity contribution in [3.63, 3.8) is 0 Å². The molecular formula is C16H20BrN5OS. The van der Waals surface area contributed by atoms with E-state index in [4.69, 9.17) is 0 Å². The Balaban J connectivity index is 1.52. The Morgan fingerprint density at radius 1 is 1.38 bits per heavy atom. The molecule has 0 saturated carbocycles. The van der Waals surface area contributed by atoms with E-state index in [2.05, 4.69) is 41.3 Å². The molecule has 128 valence electrons. The highest BCUT2D eigenvalue weighted by Crippen LogP contribution is 2.25. The number of piperidine rings is 1. The maximum absolute atomic E-state index is 12.1. The van der Waals surface area contributed by atoms with Crippen molar-refractivity contribution in [3.8, 4) is 0 Å². The Hall–Kier alpha value is -1.54. The van der Waals surface area contributed by atoms with Gasteiger partial charge in [-0.1, -0.05) is 15.9 Å². The Kier molecular flexibility index (Phi) is 5.78. The predicted molar refractivity (Wildman–Crippen MR) is 101 cm³/mol. The average Bonchev–Trinajstić information content (AvgIpc) is 3.03. The highest BCUT2D eigenvalue weighted by atomic mass is 79.9. The van der Waals surface area contributed by atoms with E-state index in [-0.39, 0.29) is 5.91 Å². The lowest BCUT2D eigenvalue weighted by molar-refractivity contribution is -0.113. The van der Waals surface area contributed by atoms with Crippen LogP contribution in [0.1, 0.15) is 24.8 Å². The van der Waals surface area contributed by atoms with E-state index in [0.29, 0.717) is 17.6 Å². The molecule has 0 unspecified atom stereocenters. The van der Waals surface area contributed by atoms with Crippen LogP contribution in [0.25, 0.3) is 0 Å². The molecule has 0 aliphatic carbocycles. The number of carbonyl (C=O) groups is 1. The van der Waals surface area contributed by atoms with Crippen LogP contribution in [0.2, 0.25) is 0 Å². The first-order valence-electron chi connectivity index (χ1n) is 7.98. The summed E-state index contributed by atoms with van der Waals surface area (Å²) in [6, 6.07) is 6.04. The molecule has 1 saturated heterocycles. The summed E-state index contributed by atoms with van der Waals surface area (Å²) in [7, 11) is 0. The lowest BCUT2D eigenvalue weighted by atomic mass is 10.1. The van der Waals surface area contributed by atoms with E-state index in [0.717, 1.165) is 28.0 Å². The van der Waals surface area contributed by atoms with Gasteiger partial charge in [-0.05, 0) is 49.9 Å². The van der Waals surface area contributed by atoms with Crippen LogP contribution in [0, 0.1) is 6.92 Å². The number of aromatic nitrogens is 3. The van der Waals surface area contributed by atoms with Gasteiger partial charge in [-0.25, -0.2) is 5.10 Å². The minimum absolute atomic E-state index is 0.0938. The van der Waals surface area contributed by atoms with E-state index < -0.39 is 0 Å². The summed E-state index contributed by atoms with van der Waals surface area (Å²) in [5, 5.41) is 9.78. The van der Waals surface area contributed by atoms with Crippen molar-refractivity contribution in [2.75, 3.05) is 29.1 Å². The second kappa shape index (κ2) is 8.02. The summed E-state index contributed by atoms with van der Waals surface area (Å²) in [6.07, 6.45) is 3.59. The molecule has 1 fully saturated rings. The van der Waals surface area contributed by atoms with Crippen LogP contribution in [-0.2, 0) is 4.79 Å². The fraction of sp³-hybridized carbons (Fsp3) is 0.438. The standard InChI is InChI=1S/C16H20BrN5OS/c1-11-9-12(17)5-6-13(11)24-10-14(23)18-15-19-16(21-20-15)22-7-3-2-4-8-22/h5-6,9H,2-4,7-8,10H2,1H3,(H2,18,19,20,21,23). The normalized spacial score (nSPS) is 14.7. The number of aromatic amines is 1. The zero-order chi connectivity index (χ0) is 16.9. The van der Waals surface area contributed by atoms with Gasteiger partial charge in [0.2, 0.25) is 17.8 Å². The van der Waals surface area contributed by atoms with Crippen molar-refractivity contribution in [1.29, 1.82) is 0 Å². The van der Waals surface area contributed by atoms with E-state index in [1.54, 1.807) is 0 Å². The van der Waals surface area contributed by atoms with E-state index >= 15 is 0 Å². The third-order valence-corrected chi connectivity index (χ3v) is 5.53. The lowest BCUT2D eigenvalue weighted by Crippen LogP contribution is -2.30. The third-order valence-electron chi connectivity index (χ3n) is 3.87. The van der Waals surface area contributed by atoms with Gasteiger partial charge in [0.1, 0.15) is 0 Å². The van der Waals surface area contributed by atoms with Gasteiger partial charge in [0.25, 0.3) is 0 Å². The monoisotopic (exact) mass is 409 g/mol. The molecule has 1 aliphatic rings. The number of benzene rings is 1. The maximum Gasteiger partial charge on any atom is 0.246 e. The van der Waals surface area contributed by atoms with Crippen LogP contribution < -0.4 is 10.2 Å². The molecule has 3 rings (SSSR count). The topological polar surface area (TPSA) is 73.9 Å². The van der Waals surface area contributed by atoms with Crippen molar-refractivity contribution in [2.45, 2.75) is 31.1 Å². The molecule has 24 heavy (non-hydrogen) atoms. The zero-order valence-corrected chi connectivity index (χ0v) is 15.9. The Bertz CT molecular complexity index is 714. The average molecular weight is 410 g/mol. The van der Waals surface area contributed by atoms with Gasteiger partial charge in [0.05, 0.1) is 5.75 Å². The molecule has 0 radical (unpaired) electrons. The molecule has 8 heteroatoms. The summed E-state index contributed by atoms with van der Waals surface area (Å²) in [5.74, 6) is 1.32. The quantitative estimate of drug-likeness (QED) is 0.737. The van der Waals surface area contributed by atoms with E-state index in [9.17, 15) is 4.79 Å². The van der Waals surface area contributed by atoms with Gasteiger partial charge in [-0.3, -0.25) is 10.1 Å². The highest BCUT2D eigenvalue weighted by molar-refractivity contribution is 9.10. The fourth-order valence-electron chi connectivity index (χ4n) is 2.63. The molecule has 1 aromatic heterocycles. The van der Waals surface area contributed by atoms with Gasteiger partial charge in [0.15, 0.2) is 0 Å². The number of carbonyl (C=O) groups excluding carboxylic acids is 1. The highest BCUT2D eigenvalue weighted by Gasteiger charge is 2.16. The summed E-state index contributed by atoms with van der Waals surface area (Å²) in [6.45, 7) is 3.99. The number of anilines is 2. The summed E-state index contributed by atoms with van der Waals surface area (Å²) in [4.78, 5) is 19.7. The van der Waals surface area contributed by atoms with Crippen LogP contribution in [0.5, 0.6) is 0 Å². The van der Waals surface area contributed by atoms with E-state index in [1.807, 2.05) is 25.1 Å². The van der Waals surface area contributed by atoms with Crippen molar-refractivity contribution < 1.29 is 4.79 Å². The number of rotatable bonds is 5. The number of hydrogen-bond acceptors (Lipinski definition) is 5. The van der Waals surface area contributed by atoms with Crippen molar-refractivity contribution in [1.82, 2.24) is 15.2 Å². The predicted octanol–water partition coefficient (Wildman–Crippen LogP) is 3.60. The molecule has 0 bridgehead atoms. The first-order valence-corrected chi connectivity index (χ1v) is 9.76. The Morgan fingerprint density at radius 2 is 2.17 bits per heavy atom. The SMILES string of the molecule is Cc1cc(Br)ccc1SCC(=O)Nc1nc(N2CCCCC2)n[nH]1. The van der Waals surface area contributed by atoms with Gasteiger partial charge >= 0.3 is 0 Å². The summed E-state index contributed by atoms with van der Waals surface area (Å²) >= 11 is 4.96. The minimum Gasteiger partial charge on any atom is -0.340 e. The Labute approximate surface area is 153 Å². The number of nitrogens with one attached hydrogen (secondary N) is 2. The number of halogens is 1. The number of thioether (sulfide) groups is 1. The van der Waals surface area contributed by atoms with Crippen LogP contribution >= 0.6 is 27.7 Å². The van der Waals surface area contributed by atoms with Gasteiger partial charge in [0, 0.05) is 22.5 Å². The molecule has 1 aliphatic heterocycles. The Morgan fingerprint density at radius 3 is 2.92 bits per heavy atom. The molecular weight excluding hydrogens is 390 g/mol. The van der Waals surface area contributed by atoms with Crippen molar-refractivity contribution in [3.05, 3.63) is 28.2 Å². The van der Waals surface area contributed by atoms with Gasteiger partial charge in [-0.2, -0.15) is 4.98 Å². The number of aryl methyl sites for hydroxylation is 1. The molecule has 0 spiro atoms. The molecule has 2 N–H and O–H groups in total. The number of hydrogen-bond donors (Lipinski definition) is 2. The summed E-state index contributed by atoms with van der Waals surface area (Å²) in [5.41, 5.74) is 1.15. The first-order chi connectivity index (χ1) is 11.6. The molecule has 0 atom stereocenters. The van der Waals surface area contributed by atoms with Crippen LogP contribution in [-0.4, -0.2) is 39.9 Å². The molecule has 1 amide bonds. The zero-order valence-electron chi connectivity index (χ0n) is 13.5. The second-order valence-corrected chi connectivity index (χ2v) is 7.71. The van der Waals surface area contributed by atoms with Crippen molar-refractivity contribution >= 4 is 45.5 Å². The number of H-pyrrole nitrogens is 1. The molecule has 2 aromatic rings.